The maximum Gasteiger partial charge on any atom is 0.416 e. The lowest BCUT2D eigenvalue weighted by atomic mass is 10.1. The van der Waals surface area contributed by atoms with Gasteiger partial charge in [0.05, 0.1) is 11.3 Å². The fourth-order valence-corrected chi connectivity index (χ4v) is 5.97. The van der Waals surface area contributed by atoms with E-state index < -0.39 is 27.5 Å². The molecule has 0 aliphatic heterocycles. The van der Waals surface area contributed by atoms with E-state index in [1.54, 1.807) is 37.3 Å². The number of anilines is 1. The van der Waals surface area contributed by atoms with Crippen LogP contribution in [-0.4, -0.2) is 23.2 Å². The van der Waals surface area contributed by atoms with Crippen molar-refractivity contribution in [2.45, 2.75) is 28.6 Å². The van der Waals surface area contributed by atoms with Gasteiger partial charge in [0.15, 0.2) is 0 Å². The number of aromatic nitrogens is 3. The molecule has 0 saturated heterocycles. The number of alkyl halides is 3. The number of para-hydroxylation sites is 1. The van der Waals surface area contributed by atoms with E-state index in [-0.39, 0.29) is 21.5 Å². The smallest absolute Gasteiger partial charge is 0.274 e. The summed E-state index contributed by atoms with van der Waals surface area (Å²) < 4.78 is 68.2. The monoisotopic (exact) mass is 554 g/mol. The second-order valence-corrected chi connectivity index (χ2v) is 10.7. The van der Waals surface area contributed by atoms with E-state index in [2.05, 4.69) is 14.8 Å². The average Bonchev–Trinajstić information content (AvgIpc) is 3.18. The topological polar surface area (TPSA) is 96.8 Å². The van der Waals surface area contributed by atoms with Crippen LogP contribution in [0.25, 0.3) is 5.69 Å². The molecule has 4 rings (SSSR count). The van der Waals surface area contributed by atoms with Gasteiger partial charge in [-0.25, -0.2) is 17.9 Å². The van der Waals surface area contributed by atoms with E-state index in [0.717, 1.165) is 28.6 Å². The minimum Gasteiger partial charge on any atom is -0.274 e. The van der Waals surface area contributed by atoms with Gasteiger partial charge in [0, 0.05) is 15.7 Å². The first-order valence-corrected chi connectivity index (χ1v) is 13.2. The van der Waals surface area contributed by atoms with Crippen LogP contribution in [0, 0.1) is 6.92 Å². The van der Waals surface area contributed by atoms with Gasteiger partial charge in [-0.1, -0.05) is 41.9 Å². The molecular formula is C23H18ClF3N4O3S2. The summed E-state index contributed by atoms with van der Waals surface area (Å²) in [6.45, 7) is 1.64. The first-order chi connectivity index (χ1) is 16.9. The lowest BCUT2D eigenvalue weighted by Gasteiger charge is -2.13. The molecule has 0 fully saturated rings. The molecule has 0 spiro atoms. The van der Waals surface area contributed by atoms with Crippen molar-refractivity contribution < 1.29 is 21.6 Å². The number of rotatable bonds is 7. The standard InChI is InChI=1S/C23H18ClF3N4O3S2/c1-14-11-20(19(12-18(14)24)35-13-15-7-9-16(10-8-15)23(25,26)27)36(33,34)30-21-28-22(32)31(29-21)17-5-3-2-4-6-17/h2-12H,13H2,1H3,(H2,28,29,30,32). The first kappa shape index (κ1) is 25.9. The van der Waals surface area contributed by atoms with Crippen LogP contribution in [0.3, 0.4) is 0 Å². The Morgan fingerprint density at radius 1 is 1.08 bits per heavy atom. The predicted octanol–water partition coefficient (Wildman–Crippen LogP) is 5.63. The molecule has 7 nitrogen and oxygen atoms in total. The van der Waals surface area contributed by atoms with Gasteiger partial charge in [0.1, 0.15) is 4.90 Å². The summed E-state index contributed by atoms with van der Waals surface area (Å²) >= 11 is 7.32. The van der Waals surface area contributed by atoms with Crippen molar-refractivity contribution in [3.8, 4) is 5.69 Å². The number of benzene rings is 3. The molecule has 36 heavy (non-hydrogen) atoms. The Morgan fingerprint density at radius 3 is 2.39 bits per heavy atom. The maximum absolute atomic E-state index is 13.2. The predicted molar refractivity (Wildman–Crippen MR) is 132 cm³/mol. The molecule has 1 heterocycles. The fourth-order valence-electron chi connectivity index (χ4n) is 3.21. The third-order valence-electron chi connectivity index (χ3n) is 5.04. The van der Waals surface area contributed by atoms with E-state index in [0.29, 0.717) is 21.8 Å². The van der Waals surface area contributed by atoms with Gasteiger partial charge in [-0.3, -0.25) is 4.98 Å². The molecule has 2 N–H and O–H groups in total. The molecule has 0 amide bonds. The Bertz CT molecular complexity index is 1550. The minimum atomic E-state index is -4.45. The van der Waals surface area contributed by atoms with E-state index in [9.17, 15) is 26.4 Å². The SMILES string of the molecule is Cc1cc(S(=O)(=O)Nc2nn(-c3ccccc3)c(=O)[nH]2)c(SCc2ccc(C(F)(F)F)cc2)cc1Cl. The third kappa shape index (κ3) is 5.77. The number of nitrogens with zero attached hydrogens (tertiary/aromatic N) is 2. The van der Waals surface area contributed by atoms with Gasteiger partial charge in [-0.15, -0.1) is 16.9 Å². The zero-order valence-corrected chi connectivity index (χ0v) is 20.9. The number of hydrogen-bond acceptors (Lipinski definition) is 5. The van der Waals surface area contributed by atoms with Gasteiger partial charge in [-0.2, -0.15) is 17.9 Å². The quantitative estimate of drug-likeness (QED) is 0.288. The first-order valence-electron chi connectivity index (χ1n) is 10.3. The molecule has 0 bridgehead atoms. The highest BCUT2D eigenvalue weighted by molar-refractivity contribution is 7.99. The van der Waals surface area contributed by atoms with Crippen LogP contribution >= 0.6 is 23.4 Å². The molecule has 0 aliphatic rings. The van der Waals surface area contributed by atoms with Crippen LogP contribution in [0.4, 0.5) is 19.1 Å². The van der Waals surface area contributed by atoms with E-state index >= 15 is 0 Å². The Hall–Kier alpha value is -3.22. The Balaban J connectivity index is 1.60. The Morgan fingerprint density at radius 2 is 1.75 bits per heavy atom. The second-order valence-electron chi connectivity index (χ2n) is 7.66. The molecule has 0 unspecified atom stereocenters. The van der Waals surface area contributed by atoms with Crippen molar-refractivity contribution in [3.05, 3.63) is 98.9 Å². The van der Waals surface area contributed by atoms with Gasteiger partial charge in [0.25, 0.3) is 10.0 Å². The molecule has 4 aromatic rings. The van der Waals surface area contributed by atoms with Crippen molar-refractivity contribution in [1.29, 1.82) is 0 Å². The van der Waals surface area contributed by atoms with Crippen LogP contribution in [-0.2, 0) is 22.0 Å². The summed E-state index contributed by atoms with van der Waals surface area (Å²) in [7, 11) is -4.22. The van der Waals surface area contributed by atoms with Crippen LogP contribution < -0.4 is 10.4 Å². The van der Waals surface area contributed by atoms with Crippen molar-refractivity contribution in [2.24, 2.45) is 0 Å². The molecule has 3 aromatic carbocycles. The summed E-state index contributed by atoms with van der Waals surface area (Å²) in [5.41, 5.74) is 0.0969. The molecule has 1 aromatic heterocycles. The molecule has 188 valence electrons. The number of thioether (sulfide) groups is 1. The number of H-pyrrole nitrogens is 1. The van der Waals surface area contributed by atoms with Gasteiger partial charge >= 0.3 is 11.9 Å². The number of sulfonamides is 1. The minimum absolute atomic E-state index is 0.114. The highest BCUT2D eigenvalue weighted by Crippen LogP contribution is 2.35. The lowest BCUT2D eigenvalue weighted by Crippen LogP contribution is -2.16. The Kier molecular flexibility index (Phi) is 7.21. The average molecular weight is 555 g/mol. The highest BCUT2D eigenvalue weighted by atomic mass is 35.5. The largest absolute Gasteiger partial charge is 0.416 e. The fraction of sp³-hybridized carbons (Fsp3) is 0.130. The summed E-state index contributed by atoms with van der Waals surface area (Å²) in [6, 6.07) is 15.9. The van der Waals surface area contributed by atoms with Crippen LogP contribution in [0.15, 0.2) is 81.3 Å². The van der Waals surface area contributed by atoms with Gasteiger partial charge < -0.3 is 0 Å². The zero-order valence-electron chi connectivity index (χ0n) is 18.5. The van der Waals surface area contributed by atoms with Crippen LogP contribution in [0.1, 0.15) is 16.7 Å². The summed E-state index contributed by atoms with van der Waals surface area (Å²) in [6.07, 6.45) is -4.45. The van der Waals surface area contributed by atoms with Gasteiger partial charge in [0.2, 0.25) is 5.95 Å². The number of aryl methyl sites for hydroxylation is 1. The van der Waals surface area contributed by atoms with E-state index in [1.807, 2.05) is 0 Å². The maximum atomic E-state index is 13.2. The summed E-state index contributed by atoms with van der Waals surface area (Å²) in [4.78, 5) is 14.8. The molecule has 0 atom stereocenters. The summed E-state index contributed by atoms with van der Waals surface area (Å²) in [5, 5.41) is 4.34. The third-order valence-corrected chi connectivity index (χ3v) is 8.08. The Labute approximate surface area is 213 Å². The van der Waals surface area contributed by atoms with Crippen molar-refractivity contribution in [2.75, 3.05) is 4.72 Å². The number of halogens is 4. The van der Waals surface area contributed by atoms with Gasteiger partial charge in [-0.05, 0) is 54.4 Å². The van der Waals surface area contributed by atoms with Crippen molar-refractivity contribution in [1.82, 2.24) is 14.8 Å². The van der Waals surface area contributed by atoms with Crippen LogP contribution in [0.5, 0.6) is 0 Å². The molecule has 0 aliphatic carbocycles. The second kappa shape index (κ2) is 10.0. The molecular weight excluding hydrogens is 537 g/mol. The van der Waals surface area contributed by atoms with Crippen molar-refractivity contribution in [3.63, 3.8) is 0 Å². The normalized spacial score (nSPS) is 12.0. The summed E-state index contributed by atoms with van der Waals surface area (Å²) in [5.74, 6) is -0.0883. The van der Waals surface area contributed by atoms with Crippen molar-refractivity contribution >= 4 is 39.3 Å². The zero-order chi connectivity index (χ0) is 26.1. The number of nitrogens with one attached hydrogen (secondary N) is 2. The van der Waals surface area contributed by atoms with E-state index in [4.69, 9.17) is 11.6 Å². The molecule has 0 saturated carbocycles. The molecule has 13 heteroatoms. The molecule has 0 radical (unpaired) electrons. The van der Waals surface area contributed by atoms with Crippen LogP contribution in [0.2, 0.25) is 5.02 Å². The number of hydrogen-bond donors (Lipinski definition) is 2. The highest BCUT2D eigenvalue weighted by Gasteiger charge is 2.30. The lowest BCUT2D eigenvalue weighted by molar-refractivity contribution is -0.137. The number of aromatic amines is 1. The van der Waals surface area contributed by atoms with E-state index in [1.165, 1.54) is 24.3 Å².